The molecule has 0 saturated carbocycles. The first-order chi connectivity index (χ1) is 4.97. The molecule has 0 radical (unpaired) electrons. The molecule has 2 heterocycles. The summed E-state index contributed by atoms with van der Waals surface area (Å²) >= 11 is 0. The van der Waals surface area contributed by atoms with Gasteiger partial charge in [0.2, 0.25) is 0 Å². The van der Waals surface area contributed by atoms with Crippen molar-refractivity contribution in [1.29, 1.82) is 0 Å². The van der Waals surface area contributed by atoms with Crippen LogP contribution in [0.3, 0.4) is 0 Å². The summed E-state index contributed by atoms with van der Waals surface area (Å²) in [5.41, 5.74) is 2.70. The zero-order valence-electron chi connectivity index (χ0n) is 5.23. The normalized spacial score (nSPS) is 20.0. The zero-order valence-corrected chi connectivity index (χ0v) is 5.23. The summed E-state index contributed by atoms with van der Waals surface area (Å²) in [6, 6.07) is 0. The van der Waals surface area contributed by atoms with E-state index < -0.39 is 0 Å². The Bertz CT molecular complexity index is 248. The van der Waals surface area contributed by atoms with E-state index in [2.05, 4.69) is 15.9 Å². The monoisotopic (exact) mass is 134 g/mol. The van der Waals surface area contributed by atoms with Crippen molar-refractivity contribution in [1.82, 2.24) is 10.5 Å². The molecule has 10 heavy (non-hydrogen) atoms. The van der Waals surface area contributed by atoms with Crippen LogP contribution in [0.2, 0.25) is 0 Å². The fourth-order valence-electron chi connectivity index (χ4n) is 0.786. The summed E-state index contributed by atoms with van der Waals surface area (Å²) < 4.78 is 0. The fourth-order valence-corrected chi connectivity index (χ4v) is 0.786. The SMILES string of the molecule is C1=CC=C2N=NNN2C=C1. The minimum absolute atomic E-state index is 0.810. The fraction of sp³-hybridized carbons (Fsp3) is 0. The molecule has 0 aromatic rings. The number of allylic oxidation sites excluding steroid dienone is 4. The van der Waals surface area contributed by atoms with Crippen LogP contribution >= 0.6 is 0 Å². The van der Waals surface area contributed by atoms with Crippen molar-refractivity contribution in [3.05, 3.63) is 36.3 Å². The first kappa shape index (κ1) is 5.22. The summed E-state index contributed by atoms with van der Waals surface area (Å²) in [6.45, 7) is 0. The lowest BCUT2D eigenvalue weighted by molar-refractivity contribution is 0.387. The van der Waals surface area contributed by atoms with Crippen LogP contribution in [0.4, 0.5) is 0 Å². The number of nitrogens with one attached hydrogen (secondary N) is 1. The predicted octanol–water partition coefficient (Wildman–Crippen LogP) is 1.10. The Morgan fingerprint density at radius 3 is 3.30 bits per heavy atom. The Kier molecular flexibility index (Phi) is 1.04. The predicted molar refractivity (Wildman–Crippen MR) is 36.2 cm³/mol. The number of rotatable bonds is 0. The molecule has 2 aliphatic rings. The molecule has 0 aromatic heterocycles. The van der Waals surface area contributed by atoms with E-state index >= 15 is 0 Å². The molecule has 0 saturated heterocycles. The minimum Gasteiger partial charge on any atom is -0.226 e. The second kappa shape index (κ2) is 1.98. The Morgan fingerprint density at radius 1 is 1.30 bits per heavy atom. The van der Waals surface area contributed by atoms with Crippen molar-refractivity contribution in [2.75, 3.05) is 0 Å². The van der Waals surface area contributed by atoms with E-state index in [0.717, 1.165) is 5.82 Å². The van der Waals surface area contributed by atoms with Crippen molar-refractivity contribution >= 4 is 0 Å². The third-order valence-corrected chi connectivity index (χ3v) is 1.25. The lowest BCUT2D eigenvalue weighted by Gasteiger charge is -2.07. The number of hydrazine groups is 1. The minimum atomic E-state index is 0.810. The highest BCUT2D eigenvalue weighted by Crippen LogP contribution is 2.12. The summed E-state index contributed by atoms with van der Waals surface area (Å²) in [4.78, 5) is 0. The van der Waals surface area contributed by atoms with Gasteiger partial charge in [0.15, 0.2) is 5.82 Å². The molecule has 2 rings (SSSR count). The van der Waals surface area contributed by atoms with Crippen molar-refractivity contribution in [2.45, 2.75) is 0 Å². The Balaban J connectivity index is 2.36. The smallest absolute Gasteiger partial charge is 0.176 e. The van der Waals surface area contributed by atoms with Gasteiger partial charge in [-0.3, -0.25) is 0 Å². The maximum absolute atomic E-state index is 3.82. The summed E-state index contributed by atoms with van der Waals surface area (Å²) in [6.07, 6.45) is 9.49. The number of nitrogens with zero attached hydrogens (tertiary/aromatic N) is 3. The van der Waals surface area contributed by atoms with Gasteiger partial charge in [0.1, 0.15) is 0 Å². The van der Waals surface area contributed by atoms with Crippen LogP contribution in [0, 0.1) is 0 Å². The van der Waals surface area contributed by atoms with Crippen molar-refractivity contribution in [3.8, 4) is 0 Å². The molecule has 4 heteroatoms. The average Bonchev–Trinajstić information content (AvgIpc) is 2.28. The van der Waals surface area contributed by atoms with Crippen LogP contribution in [0.5, 0.6) is 0 Å². The molecule has 0 aliphatic carbocycles. The maximum atomic E-state index is 3.82. The van der Waals surface area contributed by atoms with Crippen molar-refractivity contribution in [3.63, 3.8) is 0 Å². The lowest BCUT2D eigenvalue weighted by Crippen LogP contribution is -2.21. The standard InChI is InChI=1S/C6H6N4/c1-2-4-6-7-8-9-10(6)5-3-1/h1-5H,(H,7,9). The quantitative estimate of drug-likeness (QED) is 0.538. The molecular weight excluding hydrogens is 128 g/mol. The first-order valence-corrected chi connectivity index (χ1v) is 2.97. The van der Waals surface area contributed by atoms with Crippen LogP contribution < -0.4 is 5.53 Å². The molecule has 0 spiro atoms. The van der Waals surface area contributed by atoms with E-state index in [4.69, 9.17) is 0 Å². The van der Waals surface area contributed by atoms with Crippen molar-refractivity contribution in [2.24, 2.45) is 10.3 Å². The molecular formula is C6H6N4. The maximum Gasteiger partial charge on any atom is 0.176 e. The summed E-state index contributed by atoms with van der Waals surface area (Å²) in [5, 5.41) is 9.17. The van der Waals surface area contributed by atoms with Gasteiger partial charge in [0.05, 0.1) is 0 Å². The molecule has 4 nitrogen and oxygen atoms in total. The van der Waals surface area contributed by atoms with Gasteiger partial charge in [-0.15, -0.1) is 5.11 Å². The highest BCUT2D eigenvalue weighted by Gasteiger charge is 2.09. The third-order valence-electron chi connectivity index (χ3n) is 1.25. The highest BCUT2D eigenvalue weighted by atomic mass is 15.8. The van der Waals surface area contributed by atoms with Crippen LogP contribution in [0.15, 0.2) is 46.7 Å². The third kappa shape index (κ3) is 0.699. The van der Waals surface area contributed by atoms with Gasteiger partial charge in [0.25, 0.3) is 0 Å². The topological polar surface area (TPSA) is 40.0 Å². The van der Waals surface area contributed by atoms with Crippen molar-refractivity contribution < 1.29 is 0 Å². The van der Waals surface area contributed by atoms with E-state index in [1.54, 1.807) is 5.01 Å². The molecule has 50 valence electrons. The van der Waals surface area contributed by atoms with Gasteiger partial charge in [-0.2, -0.15) is 5.53 Å². The van der Waals surface area contributed by atoms with E-state index in [-0.39, 0.29) is 0 Å². The van der Waals surface area contributed by atoms with E-state index in [9.17, 15) is 0 Å². The molecule has 0 unspecified atom stereocenters. The highest BCUT2D eigenvalue weighted by molar-refractivity contribution is 5.20. The Hall–Kier alpha value is -1.58. The Morgan fingerprint density at radius 2 is 2.30 bits per heavy atom. The molecule has 0 bridgehead atoms. The first-order valence-electron chi connectivity index (χ1n) is 2.97. The molecule has 1 N–H and O–H groups in total. The molecule has 0 amide bonds. The molecule has 0 fully saturated rings. The van der Waals surface area contributed by atoms with Gasteiger partial charge < -0.3 is 0 Å². The largest absolute Gasteiger partial charge is 0.226 e. The van der Waals surface area contributed by atoms with Gasteiger partial charge in [-0.1, -0.05) is 17.4 Å². The molecule has 0 aromatic carbocycles. The van der Waals surface area contributed by atoms with E-state index in [0.29, 0.717) is 0 Å². The van der Waals surface area contributed by atoms with Gasteiger partial charge in [-0.25, -0.2) is 5.01 Å². The second-order valence-corrected chi connectivity index (χ2v) is 1.92. The van der Waals surface area contributed by atoms with Gasteiger partial charge >= 0.3 is 0 Å². The average molecular weight is 134 g/mol. The van der Waals surface area contributed by atoms with Gasteiger partial charge in [-0.05, 0) is 12.2 Å². The number of hydrogen-bond donors (Lipinski definition) is 1. The van der Waals surface area contributed by atoms with Gasteiger partial charge in [0, 0.05) is 6.20 Å². The Labute approximate surface area is 58.2 Å². The zero-order chi connectivity index (χ0) is 6.81. The van der Waals surface area contributed by atoms with Crippen LogP contribution in [-0.2, 0) is 0 Å². The molecule has 2 aliphatic heterocycles. The van der Waals surface area contributed by atoms with E-state index in [1.807, 2.05) is 30.5 Å². The molecule has 0 atom stereocenters. The van der Waals surface area contributed by atoms with Crippen LogP contribution in [-0.4, -0.2) is 5.01 Å². The van der Waals surface area contributed by atoms with E-state index in [1.165, 1.54) is 0 Å². The van der Waals surface area contributed by atoms with Crippen LogP contribution in [0.1, 0.15) is 0 Å². The summed E-state index contributed by atoms with van der Waals surface area (Å²) in [5.74, 6) is 0.810. The lowest BCUT2D eigenvalue weighted by atomic mass is 10.5. The second-order valence-electron chi connectivity index (χ2n) is 1.92. The number of fused-ring (bicyclic) bond motifs is 1. The summed E-state index contributed by atoms with van der Waals surface area (Å²) in [7, 11) is 0. The number of hydrogen-bond acceptors (Lipinski definition) is 4. The van der Waals surface area contributed by atoms with Crippen LogP contribution in [0.25, 0.3) is 0 Å².